The first-order valence-corrected chi connectivity index (χ1v) is 9.49. The Hall–Kier alpha value is -3.34. The van der Waals surface area contributed by atoms with Crippen LogP contribution in [-0.2, 0) is 4.79 Å². The molecule has 28 heavy (non-hydrogen) atoms. The Morgan fingerprint density at radius 1 is 0.929 bits per heavy atom. The Morgan fingerprint density at radius 3 is 2.36 bits per heavy atom. The third-order valence-corrected chi connectivity index (χ3v) is 5.19. The average molecular weight is 374 g/mol. The lowest BCUT2D eigenvalue weighted by Gasteiger charge is -2.31. The van der Waals surface area contributed by atoms with Gasteiger partial charge in [0.1, 0.15) is 6.26 Å². The molecule has 5 nitrogen and oxygen atoms in total. The number of furan rings is 1. The summed E-state index contributed by atoms with van der Waals surface area (Å²) in [5.74, 6) is -0.127. The van der Waals surface area contributed by atoms with Gasteiger partial charge in [-0.15, -0.1) is 0 Å². The highest BCUT2D eigenvalue weighted by Gasteiger charge is 2.28. The molecule has 5 heteroatoms. The molecular weight excluding hydrogens is 352 g/mol. The number of piperidine rings is 1. The summed E-state index contributed by atoms with van der Waals surface area (Å²) < 4.78 is 4.99. The van der Waals surface area contributed by atoms with E-state index in [1.54, 1.807) is 11.0 Å². The van der Waals surface area contributed by atoms with E-state index in [-0.39, 0.29) is 17.7 Å². The maximum Gasteiger partial charge on any atom is 0.257 e. The third-order valence-electron chi connectivity index (χ3n) is 5.19. The molecule has 1 N–H and O–H groups in total. The molecule has 0 saturated carbocycles. The molecule has 1 aliphatic heterocycles. The number of hydrogen-bond acceptors (Lipinski definition) is 3. The highest BCUT2D eigenvalue weighted by Crippen LogP contribution is 2.29. The van der Waals surface area contributed by atoms with E-state index in [2.05, 4.69) is 5.32 Å². The molecule has 2 amide bonds. The number of rotatable bonds is 4. The van der Waals surface area contributed by atoms with Crippen molar-refractivity contribution < 1.29 is 14.0 Å². The lowest BCUT2D eigenvalue weighted by Crippen LogP contribution is -2.41. The minimum absolute atomic E-state index is 0.0128. The quantitative estimate of drug-likeness (QED) is 0.734. The fourth-order valence-corrected chi connectivity index (χ4v) is 3.61. The molecule has 0 bridgehead atoms. The van der Waals surface area contributed by atoms with Gasteiger partial charge in [0.2, 0.25) is 5.91 Å². The normalized spacial score (nSPS) is 14.6. The number of para-hydroxylation sites is 1. The summed E-state index contributed by atoms with van der Waals surface area (Å²) in [5, 5.41) is 3.09. The highest BCUT2D eigenvalue weighted by molar-refractivity contribution is 5.97. The van der Waals surface area contributed by atoms with Crippen LogP contribution in [0, 0.1) is 5.92 Å². The lowest BCUT2D eigenvalue weighted by atomic mass is 9.95. The summed E-state index contributed by atoms with van der Waals surface area (Å²) >= 11 is 0. The van der Waals surface area contributed by atoms with E-state index in [1.165, 1.54) is 12.5 Å². The van der Waals surface area contributed by atoms with Crippen LogP contribution >= 0.6 is 0 Å². The van der Waals surface area contributed by atoms with Gasteiger partial charge < -0.3 is 14.6 Å². The summed E-state index contributed by atoms with van der Waals surface area (Å²) in [5.41, 5.74) is 3.44. The fraction of sp³-hybridized carbons (Fsp3) is 0.217. The molecule has 1 fully saturated rings. The van der Waals surface area contributed by atoms with E-state index in [4.69, 9.17) is 4.42 Å². The van der Waals surface area contributed by atoms with Gasteiger partial charge in [-0.1, -0.05) is 48.5 Å². The zero-order valence-corrected chi connectivity index (χ0v) is 15.5. The summed E-state index contributed by atoms with van der Waals surface area (Å²) in [6.07, 6.45) is 4.27. The number of benzene rings is 2. The standard InChI is InChI=1S/C23H22N2O3/c26-22(18-10-13-25(14-11-18)23(27)19-12-15-28-16-19)24-21-9-5-4-8-20(21)17-6-2-1-3-7-17/h1-9,12,15-16,18H,10-11,13-14H2,(H,24,26). The SMILES string of the molecule is O=C(Nc1ccccc1-c1ccccc1)C1CCN(C(=O)c2ccoc2)CC1. The van der Waals surface area contributed by atoms with Gasteiger partial charge in [-0.05, 0) is 30.5 Å². The van der Waals surface area contributed by atoms with E-state index < -0.39 is 0 Å². The molecule has 0 unspecified atom stereocenters. The summed E-state index contributed by atoms with van der Waals surface area (Å²) in [4.78, 5) is 27.0. The Morgan fingerprint density at radius 2 is 1.64 bits per heavy atom. The second-order valence-electron chi connectivity index (χ2n) is 6.98. The number of carbonyl (C=O) groups excluding carboxylic acids is 2. The molecule has 3 aromatic rings. The second-order valence-corrected chi connectivity index (χ2v) is 6.98. The van der Waals surface area contributed by atoms with Gasteiger partial charge in [0.05, 0.1) is 11.8 Å². The first kappa shape index (κ1) is 18.0. The Bertz CT molecular complexity index is 943. The van der Waals surface area contributed by atoms with Crippen LogP contribution in [0.2, 0.25) is 0 Å². The van der Waals surface area contributed by atoms with Gasteiger partial charge in [-0.25, -0.2) is 0 Å². The average Bonchev–Trinajstić information content (AvgIpc) is 3.29. The first-order chi connectivity index (χ1) is 13.7. The molecule has 4 rings (SSSR count). The van der Waals surface area contributed by atoms with Gasteiger partial charge in [-0.3, -0.25) is 9.59 Å². The minimum atomic E-state index is -0.0998. The van der Waals surface area contributed by atoms with E-state index in [0.29, 0.717) is 31.5 Å². The lowest BCUT2D eigenvalue weighted by molar-refractivity contribution is -0.121. The zero-order chi connectivity index (χ0) is 19.3. The van der Waals surface area contributed by atoms with Gasteiger partial charge in [0.15, 0.2) is 0 Å². The number of likely N-dealkylation sites (tertiary alicyclic amines) is 1. The molecule has 0 aliphatic carbocycles. The van der Waals surface area contributed by atoms with Crippen molar-refractivity contribution in [2.75, 3.05) is 18.4 Å². The third kappa shape index (κ3) is 3.83. The second kappa shape index (κ2) is 8.13. The zero-order valence-electron chi connectivity index (χ0n) is 15.5. The molecule has 0 radical (unpaired) electrons. The van der Waals surface area contributed by atoms with E-state index in [1.807, 2.05) is 54.6 Å². The van der Waals surface area contributed by atoms with Crippen LogP contribution in [0.15, 0.2) is 77.6 Å². The maximum absolute atomic E-state index is 12.8. The van der Waals surface area contributed by atoms with Gasteiger partial charge in [-0.2, -0.15) is 0 Å². The smallest absolute Gasteiger partial charge is 0.257 e. The van der Waals surface area contributed by atoms with Crippen LogP contribution in [0.3, 0.4) is 0 Å². The predicted molar refractivity (Wildman–Crippen MR) is 108 cm³/mol. The fourth-order valence-electron chi connectivity index (χ4n) is 3.61. The van der Waals surface area contributed by atoms with Crippen molar-refractivity contribution in [2.24, 2.45) is 5.92 Å². The number of carbonyl (C=O) groups is 2. The number of hydrogen-bond donors (Lipinski definition) is 1. The molecule has 142 valence electrons. The van der Waals surface area contributed by atoms with Crippen molar-refractivity contribution in [2.45, 2.75) is 12.8 Å². The van der Waals surface area contributed by atoms with E-state index >= 15 is 0 Å². The van der Waals surface area contributed by atoms with Crippen LogP contribution < -0.4 is 5.32 Å². The molecule has 1 aromatic heterocycles. The largest absolute Gasteiger partial charge is 0.472 e. The number of anilines is 1. The molecule has 1 aliphatic rings. The molecule has 1 saturated heterocycles. The molecule has 2 heterocycles. The van der Waals surface area contributed by atoms with Gasteiger partial charge >= 0.3 is 0 Å². The number of nitrogens with one attached hydrogen (secondary N) is 1. The molecule has 0 spiro atoms. The predicted octanol–water partition coefficient (Wildman–Crippen LogP) is 4.44. The van der Waals surface area contributed by atoms with E-state index in [0.717, 1.165) is 16.8 Å². The maximum atomic E-state index is 12.8. The number of amides is 2. The van der Waals surface area contributed by atoms with Crippen molar-refractivity contribution in [1.82, 2.24) is 4.90 Å². The van der Waals surface area contributed by atoms with Crippen molar-refractivity contribution in [3.8, 4) is 11.1 Å². The Balaban J connectivity index is 1.40. The molecule has 0 atom stereocenters. The van der Waals surface area contributed by atoms with Crippen molar-refractivity contribution in [1.29, 1.82) is 0 Å². The summed E-state index contributed by atoms with van der Waals surface area (Å²) in [6.45, 7) is 1.14. The van der Waals surface area contributed by atoms with Crippen LogP contribution in [0.4, 0.5) is 5.69 Å². The van der Waals surface area contributed by atoms with E-state index in [9.17, 15) is 9.59 Å². The minimum Gasteiger partial charge on any atom is -0.472 e. The Kier molecular flexibility index (Phi) is 5.24. The van der Waals surface area contributed by atoms with Gasteiger partial charge in [0, 0.05) is 30.3 Å². The van der Waals surface area contributed by atoms with Crippen LogP contribution in [0.1, 0.15) is 23.2 Å². The monoisotopic (exact) mass is 374 g/mol. The first-order valence-electron chi connectivity index (χ1n) is 9.49. The highest BCUT2D eigenvalue weighted by atomic mass is 16.3. The topological polar surface area (TPSA) is 62.6 Å². The number of nitrogens with zero attached hydrogens (tertiary/aromatic N) is 1. The van der Waals surface area contributed by atoms with Crippen molar-refractivity contribution in [3.63, 3.8) is 0 Å². The van der Waals surface area contributed by atoms with Crippen LogP contribution in [0.5, 0.6) is 0 Å². The van der Waals surface area contributed by atoms with Crippen molar-refractivity contribution in [3.05, 3.63) is 78.8 Å². The van der Waals surface area contributed by atoms with Crippen molar-refractivity contribution >= 4 is 17.5 Å². The molecular formula is C23H22N2O3. The van der Waals surface area contributed by atoms with Crippen LogP contribution in [-0.4, -0.2) is 29.8 Å². The summed E-state index contributed by atoms with van der Waals surface area (Å²) in [6, 6.07) is 19.5. The van der Waals surface area contributed by atoms with Gasteiger partial charge in [0.25, 0.3) is 5.91 Å². The summed E-state index contributed by atoms with van der Waals surface area (Å²) in [7, 11) is 0. The van der Waals surface area contributed by atoms with Crippen LogP contribution in [0.25, 0.3) is 11.1 Å². The Labute approximate surface area is 164 Å². The molecule has 2 aromatic carbocycles.